The number of aromatic nitrogens is 3. The molecule has 3 rings (SSSR count). The fraction of sp³-hybridized carbons (Fsp3) is 0.800. The first-order valence-electron chi connectivity index (χ1n) is 8.27. The summed E-state index contributed by atoms with van der Waals surface area (Å²) < 4.78 is 0. The zero-order chi connectivity index (χ0) is 15.4. The molecule has 0 spiro atoms. The lowest BCUT2D eigenvalue weighted by Crippen LogP contribution is -2.50. The summed E-state index contributed by atoms with van der Waals surface area (Å²) in [6.45, 7) is 4.81. The first-order chi connectivity index (χ1) is 10.7. The van der Waals surface area contributed by atoms with Crippen LogP contribution in [0.2, 0.25) is 0 Å². The molecule has 22 heavy (non-hydrogen) atoms. The summed E-state index contributed by atoms with van der Waals surface area (Å²) in [5, 5.41) is 9.54. The van der Waals surface area contributed by atoms with Gasteiger partial charge in [0.2, 0.25) is 5.91 Å². The second kappa shape index (κ2) is 7.19. The molecule has 2 fully saturated rings. The Kier molecular flexibility index (Phi) is 5.04. The van der Waals surface area contributed by atoms with Crippen LogP contribution in [0.4, 0.5) is 0 Å². The van der Waals surface area contributed by atoms with Crippen molar-refractivity contribution in [2.24, 2.45) is 5.92 Å². The van der Waals surface area contributed by atoms with Crippen LogP contribution in [0.5, 0.6) is 0 Å². The molecule has 1 aromatic heterocycles. The number of piperidine rings is 2. The van der Waals surface area contributed by atoms with Crippen LogP contribution in [0.3, 0.4) is 0 Å². The smallest absolute Gasteiger partial charge is 0.224 e. The summed E-state index contributed by atoms with van der Waals surface area (Å²) in [6, 6.07) is 0.654. The summed E-state index contributed by atoms with van der Waals surface area (Å²) in [6.07, 6.45) is 6.02. The van der Waals surface area contributed by atoms with E-state index in [4.69, 9.17) is 0 Å². The van der Waals surface area contributed by atoms with Gasteiger partial charge < -0.3 is 10.2 Å². The molecule has 2 aliphatic heterocycles. The number of hydrogen-bond acceptors (Lipinski definition) is 5. The van der Waals surface area contributed by atoms with Gasteiger partial charge in [-0.25, -0.2) is 4.98 Å². The molecule has 1 atom stereocenters. The molecular weight excluding hydrogens is 280 g/mol. The summed E-state index contributed by atoms with van der Waals surface area (Å²) in [5.41, 5.74) is 0. The third kappa shape index (κ3) is 3.84. The highest BCUT2D eigenvalue weighted by Gasteiger charge is 2.31. The van der Waals surface area contributed by atoms with Gasteiger partial charge in [-0.05, 0) is 52.4 Å². The largest absolute Gasteiger partial charge is 0.349 e. The monoisotopic (exact) mass is 306 g/mol. The maximum Gasteiger partial charge on any atom is 0.224 e. The number of amides is 1. The lowest BCUT2D eigenvalue weighted by Gasteiger charge is -2.41. The SMILES string of the molecule is CN1CCC(N2CCC[C@H](C(=O)NCc3ncn[nH]3)C2)CC1. The summed E-state index contributed by atoms with van der Waals surface area (Å²) in [7, 11) is 2.19. The van der Waals surface area contributed by atoms with Gasteiger partial charge in [-0.15, -0.1) is 0 Å². The molecule has 122 valence electrons. The minimum atomic E-state index is 0.108. The van der Waals surface area contributed by atoms with Gasteiger partial charge >= 0.3 is 0 Å². The van der Waals surface area contributed by atoms with Crippen LogP contribution >= 0.6 is 0 Å². The van der Waals surface area contributed by atoms with E-state index in [1.165, 1.54) is 32.3 Å². The van der Waals surface area contributed by atoms with E-state index in [0.29, 0.717) is 18.4 Å². The minimum absolute atomic E-state index is 0.108. The Bertz CT molecular complexity index is 468. The maximum absolute atomic E-state index is 12.4. The van der Waals surface area contributed by atoms with Crippen molar-refractivity contribution in [2.75, 3.05) is 33.2 Å². The summed E-state index contributed by atoms with van der Waals surface area (Å²) >= 11 is 0. The van der Waals surface area contributed by atoms with E-state index in [1.54, 1.807) is 0 Å². The number of likely N-dealkylation sites (tertiary alicyclic amines) is 2. The fourth-order valence-corrected chi connectivity index (χ4v) is 3.54. The summed E-state index contributed by atoms with van der Waals surface area (Å²) in [4.78, 5) is 21.3. The third-order valence-corrected chi connectivity index (χ3v) is 4.92. The molecule has 7 heteroatoms. The molecule has 0 radical (unpaired) electrons. The molecule has 0 aliphatic carbocycles. The molecule has 1 aromatic rings. The Balaban J connectivity index is 1.48. The average Bonchev–Trinajstić information content (AvgIpc) is 3.07. The van der Waals surface area contributed by atoms with E-state index < -0.39 is 0 Å². The van der Waals surface area contributed by atoms with Crippen LogP contribution in [0.1, 0.15) is 31.5 Å². The summed E-state index contributed by atoms with van der Waals surface area (Å²) in [5.74, 6) is 0.960. The van der Waals surface area contributed by atoms with Crippen molar-refractivity contribution in [3.63, 3.8) is 0 Å². The first-order valence-corrected chi connectivity index (χ1v) is 8.27. The lowest BCUT2D eigenvalue weighted by molar-refractivity contribution is -0.127. The second-order valence-electron chi connectivity index (χ2n) is 6.52. The molecule has 0 saturated carbocycles. The predicted molar refractivity (Wildman–Crippen MR) is 83.0 cm³/mol. The van der Waals surface area contributed by atoms with Gasteiger partial charge in [-0.1, -0.05) is 0 Å². The molecule has 7 nitrogen and oxygen atoms in total. The average molecular weight is 306 g/mol. The number of rotatable bonds is 4. The quantitative estimate of drug-likeness (QED) is 0.832. The second-order valence-corrected chi connectivity index (χ2v) is 6.52. The number of nitrogens with zero attached hydrogens (tertiary/aromatic N) is 4. The molecule has 1 amide bonds. The Morgan fingerprint density at radius 2 is 2.18 bits per heavy atom. The van der Waals surface area contributed by atoms with Crippen molar-refractivity contribution in [1.29, 1.82) is 0 Å². The van der Waals surface area contributed by atoms with Crippen molar-refractivity contribution >= 4 is 5.91 Å². The fourth-order valence-electron chi connectivity index (χ4n) is 3.54. The number of hydrogen-bond donors (Lipinski definition) is 2. The Labute approximate surface area is 131 Å². The van der Waals surface area contributed by atoms with Gasteiger partial charge in [-0.3, -0.25) is 14.8 Å². The third-order valence-electron chi connectivity index (χ3n) is 4.92. The Hall–Kier alpha value is -1.47. The van der Waals surface area contributed by atoms with Gasteiger partial charge in [0.25, 0.3) is 0 Å². The van der Waals surface area contributed by atoms with Crippen molar-refractivity contribution in [3.05, 3.63) is 12.2 Å². The van der Waals surface area contributed by atoms with Crippen molar-refractivity contribution in [1.82, 2.24) is 30.3 Å². The van der Waals surface area contributed by atoms with E-state index in [1.807, 2.05) is 0 Å². The van der Waals surface area contributed by atoms with Crippen molar-refractivity contribution in [3.8, 4) is 0 Å². The van der Waals surface area contributed by atoms with Crippen molar-refractivity contribution < 1.29 is 4.79 Å². The zero-order valence-corrected chi connectivity index (χ0v) is 13.3. The topological polar surface area (TPSA) is 77.2 Å². The van der Waals surface area contributed by atoms with Gasteiger partial charge in [0, 0.05) is 12.6 Å². The molecule has 2 saturated heterocycles. The van der Waals surface area contributed by atoms with E-state index in [-0.39, 0.29) is 11.8 Å². The van der Waals surface area contributed by atoms with Gasteiger partial charge in [0.15, 0.2) is 0 Å². The molecule has 0 aromatic carbocycles. The van der Waals surface area contributed by atoms with Crippen molar-refractivity contribution in [2.45, 2.75) is 38.3 Å². The zero-order valence-electron chi connectivity index (χ0n) is 13.3. The molecular formula is C15H26N6O. The number of nitrogens with one attached hydrogen (secondary N) is 2. The van der Waals surface area contributed by atoms with Crippen LogP contribution < -0.4 is 5.32 Å². The van der Waals surface area contributed by atoms with Crippen LogP contribution in [0, 0.1) is 5.92 Å². The van der Waals surface area contributed by atoms with Crippen LogP contribution in [-0.2, 0) is 11.3 Å². The van der Waals surface area contributed by atoms with Crippen LogP contribution in [-0.4, -0.2) is 70.2 Å². The van der Waals surface area contributed by atoms with Gasteiger partial charge in [-0.2, -0.15) is 5.10 Å². The molecule has 0 unspecified atom stereocenters. The first kappa shape index (κ1) is 15.4. The molecule has 2 N–H and O–H groups in total. The Morgan fingerprint density at radius 1 is 1.36 bits per heavy atom. The molecule has 0 bridgehead atoms. The normalized spacial score (nSPS) is 25.2. The lowest BCUT2D eigenvalue weighted by atomic mass is 9.93. The molecule has 2 aliphatic rings. The highest BCUT2D eigenvalue weighted by molar-refractivity contribution is 5.78. The number of aromatic amines is 1. The standard InChI is InChI=1S/C15H26N6O/c1-20-7-4-13(5-8-20)21-6-2-3-12(10-21)15(22)16-9-14-17-11-18-19-14/h11-13H,2-10H2,1H3,(H,16,22)(H,17,18,19)/t12-/m0/s1. The van der Waals surface area contributed by atoms with E-state index in [0.717, 1.165) is 25.9 Å². The van der Waals surface area contributed by atoms with Gasteiger partial charge in [0.05, 0.1) is 12.5 Å². The Morgan fingerprint density at radius 3 is 2.91 bits per heavy atom. The number of carbonyl (C=O) groups excluding carboxylic acids is 1. The predicted octanol–water partition coefficient (Wildman–Crippen LogP) is 0.227. The van der Waals surface area contributed by atoms with E-state index in [9.17, 15) is 4.79 Å². The molecule has 3 heterocycles. The van der Waals surface area contributed by atoms with Crippen LogP contribution in [0.15, 0.2) is 6.33 Å². The number of H-pyrrole nitrogens is 1. The number of carbonyl (C=O) groups is 1. The maximum atomic E-state index is 12.4. The van der Waals surface area contributed by atoms with E-state index >= 15 is 0 Å². The van der Waals surface area contributed by atoms with Gasteiger partial charge in [0.1, 0.15) is 12.2 Å². The minimum Gasteiger partial charge on any atom is -0.349 e. The highest BCUT2D eigenvalue weighted by Crippen LogP contribution is 2.23. The van der Waals surface area contributed by atoms with E-state index in [2.05, 4.69) is 37.3 Å². The van der Waals surface area contributed by atoms with Crippen LogP contribution in [0.25, 0.3) is 0 Å². The highest BCUT2D eigenvalue weighted by atomic mass is 16.1.